The van der Waals surface area contributed by atoms with Gasteiger partial charge >= 0.3 is 6.18 Å². The Kier molecular flexibility index (Phi) is 5.28. The predicted molar refractivity (Wildman–Crippen MR) is 78.3 cm³/mol. The molecule has 2 rings (SSSR count). The Balaban J connectivity index is 2.08. The average molecular weight is 344 g/mol. The molecular formula is C16H16F4N2O2. The summed E-state index contributed by atoms with van der Waals surface area (Å²) < 4.78 is 54.0. The van der Waals surface area contributed by atoms with Crippen LogP contribution in [0.25, 0.3) is 0 Å². The van der Waals surface area contributed by atoms with E-state index < -0.39 is 36.5 Å². The third-order valence-electron chi connectivity index (χ3n) is 3.43. The molecule has 1 heterocycles. The Labute approximate surface area is 135 Å². The maximum atomic E-state index is 13.2. The van der Waals surface area contributed by atoms with Crippen molar-refractivity contribution in [1.82, 2.24) is 9.88 Å². The number of carbonyl (C=O) groups is 1. The van der Waals surface area contributed by atoms with E-state index in [1.54, 1.807) is 7.05 Å². The van der Waals surface area contributed by atoms with Crippen molar-refractivity contribution in [3.63, 3.8) is 0 Å². The Morgan fingerprint density at radius 3 is 2.54 bits per heavy atom. The van der Waals surface area contributed by atoms with Crippen molar-refractivity contribution >= 4 is 5.91 Å². The van der Waals surface area contributed by atoms with Crippen molar-refractivity contribution in [2.24, 2.45) is 7.05 Å². The number of rotatable bonds is 5. The van der Waals surface area contributed by atoms with Crippen molar-refractivity contribution in [1.29, 1.82) is 0 Å². The Morgan fingerprint density at radius 2 is 2.00 bits per heavy atom. The molecule has 1 amide bonds. The van der Waals surface area contributed by atoms with Gasteiger partial charge in [0.1, 0.15) is 5.82 Å². The maximum absolute atomic E-state index is 13.2. The summed E-state index contributed by atoms with van der Waals surface area (Å²) >= 11 is 0. The quantitative estimate of drug-likeness (QED) is 0.820. The van der Waals surface area contributed by atoms with Crippen LogP contribution in [0.4, 0.5) is 17.6 Å². The van der Waals surface area contributed by atoms with Gasteiger partial charge in [0.2, 0.25) is 5.91 Å². The van der Waals surface area contributed by atoms with Crippen molar-refractivity contribution in [2.45, 2.75) is 24.7 Å². The fraction of sp³-hybridized carbons (Fsp3) is 0.312. The van der Waals surface area contributed by atoms with Gasteiger partial charge < -0.3 is 15.0 Å². The number of aromatic nitrogens is 1. The average Bonchev–Trinajstić information content (AvgIpc) is 2.89. The van der Waals surface area contributed by atoms with Crippen molar-refractivity contribution in [3.05, 3.63) is 59.7 Å². The molecule has 0 bridgehead atoms. The largest absolute Gasteiger partial charge is 0.412 e. The number of carbonyl (C=O) groups excluding carboxylic acids is 1. The summed E-state index contributed by atoms with van der Waals surface area (Å²) in [6.45, 7) is 0. The first-order valence-electron chi connectivity index (χ1n) is 7.08. The number of nitrogens with one attached hydrogen (secondary N) is 1. The van der Waals surface area contributed by atoms with E-state index in [1.807, 2.05) is 5.32 Å². The molecule has 4 nitrogen and oxygen atoms in total. The molecule has 2 N–H and O–H groups in total. The summed E-state index contributed by atoms with van der Waals surface area (Å²) in [4.78, 5) is 11.9. The first-order valence-corrected chi connectivity index (χ1v) is 7.08. The molecule has 1 aromatic carbocycles. The lowest BCUT2D eigenvalue weighted by Gasteiger charge is -2.21. The van der Waals surface area contributed by atoms with Crippen molar-refractivity contribution < 1.29 is 27.5 Å². The van der Waals surface area contributed by atoms with Crippen LogP contribution in [0.1, 0.15) is 29.7 Å². The molecule has 2 unspecified atom stereocenters. The van der Waals surface area contributed by atoms with Crippen molar-refractivity contribution in [2.75, 3.05) is 0 Å². The minimum Gasteiger partial charge on any atom is -0.388 e. The fourth-order valence-corrected chi connectivity index (χ4v) is 2.28. The van der Waals surface area contributed by atoms with Gasteiger partial charge in [-0.3, -0.25) is 4.79 Å². The fourth-order valence-electron chi connectivity index (χ4n) is 2.28. The van der Waals surface area contributed by atoms with E-state index in [9.17, 15) is 27.5 Å². The van der Waals surface area contributed by atoms with E-state index in [1.165, 1.54) is 35.2 Å². The van der Waals surface area contributed by atoms with Gasteiger partial charge in [-0.2, -0.15) is 13.2 Å². The molecule has 0 saturated heterocycles. The van der Waals surface area contributed by atoms with Gasteiger partial charge in [0.25, 0.3) is 0 Å². The van der Waals surface area contributed by atoms with E-state index in [2.05, 4.69) is 0 Å². The van der Waals surface area contributed by atoms with Crippen LogP contribution in [0.3, 0.4) is 0 Å². The second-order valence-electron chi connectivity index (χ2n) is 5.43. The van der Waals surface area contributed by atoms with E-state index in [0.717, 1.165) is 12.1 Å². The van der Waals surface area contributed by atoms with Gasteiger partial charge in [-0.15, -0.1) is 0 Å². The lowest BCUT2D eigenvalue weighted by atomic mass is 10.1. The predicted octanol–water partition coefficient (Wildman–Crippen LogP) is 3.01. The SMILES string of the molecule is Cn1ccc(C(NC(=O)CC(O)c2cccc(F)c2)C(F)(F)F)c1. The molecule has 130 valence electrons. The minimum atomic E-state index is -4.68. The maximum Gasteiger partial charge on any atom is 0.412 e. The summed E-state index contributed by atoms with van der Waals surface area (Å²) in [6, 6.07) is 3.99. The smallest absolute Gasteiger partial charge is 0.388 e. The second-order valence-corrected chi connectivity index (χ2v) is 5.43. The van der Waals surface area contributed by atoms with Crippen LogP contribution in [0.5, 0.6) is 0 Å². The van der Waals surface area contributed by atoms with Crippen molar-refractivity contribution in [3.8, 4) is 0 Å². The molecule has 0 spiro atoms. The number of amides is 1. The summed E-state index contributed by atoms with van der Waals surface area (Å²) in [5, 5.41) is 11.8. The highest BCUT2D eigenvalue weighted by Crippen LogP contribution is 2.33. The molecule has 0 aliphatic rings. The van der Waals surface area contributed by atoms with Crippen LogP contribution in [-0.2, 0) is 11.8 Å². The number of aliphatic hydroxyl groups is 1. The first kappa shape index (κ1) is 18.0. The van der Waals surface area contributed by atoms with Crippen LogP contribution in [0.2, 0.25) is 0 Å². The van der Waals surface area contributed by atoms with Gasteiger partial charge in [0.15, 0.2) is 6.04 Å². The molecule has 0 aliphatic heterocycles. The molecule has 2 atom stereocenters. The van der Waals surface area contributed by atoms with Gasteiger partial charge in [-0.05, 0) is 23.8 Å². The van der Waals surface area contributed by atoms with Crippen LogP contribution < -0.4 is 5.32 Å². The summed E-state index contributed by atoms with van der Waals surface area (Å²) in [5.74, 6) is -1.60. The Hall–Kier alpha value is -2.35. The molecule has 2 aromatic rings. The molecule has 0 radical (unpaired) electrons. The lowest BCUT2D eigenvalue weighted by molar-refractivity contribution is -0.164. The first-order chi connectivity index (χ1) is 11.2. The zero-order chi connectivity index (χ0) is 17.9. The number of hydrogen-bond donors (Lipinski definition) is 2. The molecule has 0 saturated carbocycles. The third kappa shape index (κ3) is 4.58. The molecule has 0 aliphatic carbocycles. The molecular weight excluding hydrogens is 328 g/mol. The summed E-state index contributed by atoms with van der Waals surface area (Å²) in [7, 11) is 1.56. The van der Waals surface area contributed by atoms with Crippen LogP contribution in [0.15, 0.2) is 42.7 Å². The Bertz CT molecular complexity index is 712. The monoisotopic (exact) mass is 344 g/mol. The van der Waals surface area contributed by atoms with Gasteiger partial charge in [0.05, 0.1) is 12.5 Å². The van der Waals surface area contributed by atoms with Gasteiger partial charge in [0, 0.05) is 25.0 Å². The van der Waals surface area contributed by atoms with E-state index in [-0.39, 0.29) is 11.1 Å². The normalized spacial score (nSPS) is 14.2. The number of halogens is 4. The highest BCUT2D eigenvalue weighted by molar-refractivity contribution is 5.77. The number of benzene rings is 1. The van der Waals surface area contributed by atoms with Gasteiger partial charge in [-0.25, -0.2) is 4.39 Å². The molecule has 0 fully saturated rings. The molecule has 1 aromatic heterocycles. The van der Waals surface area contributed by atoms with E-state index >= 15 is 0 Å². The number of aliphatic hydroxyl groups excluding tert-OH is 1. The highest BCUT2D eigenvalue weighted by atomic mass is 19.4. The standard InChI is InChI=1S/C16H16F4N2O2/c1-22-6-5-11(9-22)15(16(18,19)20)21-14(24)8-13(23)10-3-2-4-12(17)7-10/h2-7,9,13,15,23H,8H2,1H3,(H,21,24). The van der Waals surface area contributed by atoms with E-state index in [0.29, 0.717) is 0 Å². The van der Waals surface area contributed by atoms with Crippen LogP contribution in [0, 0.1) is 5.82 Å². The Morgan fingerprint density at radius 1 is 1.29 bits per heavy atom. The number of nitrogens with zero attached hydrogens (tertiary/aromatic N) is 1. The minimum absolute atomic E-state index is 0.112. The summed E-state index contributed by atoms with van der Waals surface area (Å²) in [5.41, 5.74) is 0.00650. The zero-order valence-electron chi connectivity index (χ0n) is 12.7. The lowest BCUT2D eigenvalue weighted by Crippen LogP contribution is -2.38. The number of hydrogen-bond acceptors (Lipinski definition) is 2. The number of alkyl halides is 3. The summed E-state index contributed by atoms with van der Waals surface area (Å²) in [6.07, 6.45) is -4.00. The molecule has 24 heavy (non-hydrogen) atoms. The number of aryl methyl sites for hydroxylation is 1. The second kappa shape index (κ2) is 7.04. The van der Waals surface area contributed by atoms with Crippen LogP contribution in [-0.4, -0.2) is 21.8 Å². The van der Waals surface area contributed by atoms with Crippen LogP contribution >= 0.6 is 0 Å². The molecule has 8 heteroatoms. The topological polar surface area (TPSA) is 54.3 Å². The highest BCUT2D eigenvalue weighted by Gasteiger charge is 2.42. The van der Waals surface area contributed by atoms with Gasteiger partial charge in [-0.1, -0.05) is 12.1 Å². The van der Waals surface area contributed by atoms with E-state index in [4.69, 9.17) is 0 Å². The third-order valence-corrected chi connectivity index (χ3v) is 3.43. The zero-order valence-corrected chi connectivity index (χ0v) is 12.7.